The number of benzene rings is 1. The molecule has 0 heterocycles. The summed E-state index contributed by atoms with van der Waals surface area (Å²) in [4.78, 5) is 12.7. The number of hydrogen-bond donors (Lipinski definition) is 3. The van der Waals surface area contributed by atoms with Gasteiger partial charge in [0.1, 0.15) is 0 Å². The molecule has 0 fully saturated rings. The normalized spacial score (nSPS) is 15.1. The Balaban J connectivity index is 2.95. The van der Waals surface area contributed by atoms with E-state index in [1.165, 1.54) is 6.07 Å². The summed E-state index contributed by atoms with van der Waals surface area (Å²) in [5, 5.41) is 13.9. The standard InChI is InChI=1S/C30H51F3N2O5/c1-7-8-12-35-29(37)24(21(4)5)18-26(36)25(34)17-23(20(2)3)15-22-10-11-27(40-19-30(31,32)33)28(16-22)39-14-9-13-38-6/h10-11,16,20-21,23-26,36H,7-9,12-15,17-19,34H2,1-6H3,(H,35,37)/t23-,24+,25-,26-/m0/s1. The summed E-state index contributed by atoms with van der Waals surface area (Å²) in [7, 11) is 1.57. The molecule has 1 amide bonds. The van der Waals surface area contributed by atoms with Crippen LogP contribution in [-0.2, 0) is 16.0 Å². The van der Waals surface area contributed by atoms with Gasteiger partial charge in [0.25, 0.3) is 0 Å². The molecule has 1 rings (SSSR count). The topological polar surface area (TPSA) is 103 Å². The summed E-state index contributed by atoms with van der Waals surface area (Å²) < 4.78 is 54.0. The van der Waals surface area contributed by atoms with Crippen LogP contribution in [0.4, 0.5) is 13.2 Å². The highest BCUT2D eigenvalue weighted by atomic mass is 19.4. The van der Waals surface area contributed by atoms with Gasteiger partial charge in [-0.05, 0) is 61.1 Å². The summed E-state index contributed by atoms with van der Waals surface area (Å²) in [6.07, 6.45) is -1.43. The summed E-state index contributed by atoms with van der Waals surface area (Å²) in [6, 6.07) is 4.42. The van der Waals surface area contributed by atoms with Crippen molar-refractivity contribution in [2.24, 2.45) is 29.4 Å². The van der Waals surface area contributed by atoms with E-state index in [4.69, 9.17) is 19.9 Å². The van der Waals surface area contributed by atoms with Crippen LogP contribution in [0.25, 0.3) is 0 Å². The molecule has 1 aromatic carbocycles. The number of unbranched alkanes of at least 4 members (excludes halogenated alkanes) is 1. The van der Waals surface area contributed by atoms with Gasteiger partial charge in [-0.2, -0.15) is 13.2 Å². The highest BCUT2D eigenvalue weighted by Gasteiger charge is 2.31. The Morgan fingerprint density at radius 3 is 2.30 bits per heavy atom. The fourth-order valence-corrected chi connectivity index (χ4v) is 4.49. The first-order chi connectivity index (χ1) is 18.8. The van der Waals surface area contributed by atoms with Crippen molar-refractivity contribution in [2.75, 3.05) is 33.5 Å². The Hall–Kier alpha value is -2.04. The minimum absolute atomic E-state index is 0.0312. The van der Waals surface area contributed by atoms with Gasteiger partial charge in [0.05, 0.1) is 12.7 Å². The first-order valence-corrected chi connectivity index (χ1v) is 14.4. The molecule has 0 aliphatic rings. The largest absolute Gasteiger partial charge is 0.490 e. The van der Waals surface area contributed by atoms with E-state index in [0.717, 1.165) is 18.4 Å². The molecule has 1 aromatic rings. The molecule has 7 nitrogen and oxygen atoms in total. The second kappa shape index (κ2) is 18.4. The van der Waals surface area contributed by atoms with Gasteiger partial charge in [-0.1, -0.05) is 47.1 Å². The van der Waals surface area contributed by atoms with Crippen LogP contribution in [0.15, 0.2) is 18.2 Å². The van der Waals surface area contributed by atoms with Gasteiger partial charge >= 0.3 is 6.18 Å². The average molecular weight is 577 g/mol. The zero-order valence-electron chi connectivity index (χ0n) is 25.1. The molecule has 0 saturated carbocycles. The zero-order chi connectivity index (χ0) is 30.3. The third kappa shape index (κ3) is 14.0. The second-order valence-electron chi connectivity index (χ2n) is 11.3. The highest BCUT2D eigenvalue weighted by molar-refractivity contribution is 5.78. The van der Waals surface area contributed by atoms with Crippen molar-refractivity contribution in [1.82, 2.24) is 5.32 Å². The van der Waals surface area contributed by atoms with Crippen LogP contribution in [0.2, 0.25) is 0 Å². The first-order valence-electron chi connectivity index (χ1n) is 14.4. The van der Waals surface area contributed by atoms with E-state index >= 15 is 0 Å². The van der Waals surface area contributed by atoms with Crippen LogP contribution in [0.5, 0.6) is 11.5 Å². The smallest absolute Gasteiger partial charge is 0.422 e. The quantitative estimate of drug-likeness (QED) is 0.177. The SMILES string of the molecule is CCCCNC(=O)[C@H](C[C@H](O)[C@@H](N)C[C@H](Cc1ccc(OCC(F)(F)F)c(OCCCOC)c1)C(C)C)C(C)C. The van der Waals surface area contributed by atoms with E-state index in [1.807, 2.05) is 13.8 Å². The number of carbonyl (C=O) groups excluding carboxylic acids is 1. The number of ether oxygens (including phenoxy) is 3. The lowest BCUT2D eigenvalue weighted by Crippen LogP contribution is -2.42. The Kier molecular flexibility index (Phi) is 16.6. The molecule has 10 heteroatoms. The van der Waals surface area contributed by atoms with E-state index in [1.54, 1.807) is 19.2 Å². The average Bonchev–Trinajstić information content (AvgIpc) is 2.87. The van der Waals surface area contributed by atoms with Gasteiger partial charge in [0.15, 0.2) is 18.1 Å². The maximum Gasteiger partial charge on any atom is 0.422 e. The predicted octanol–water partition coefficient (Wildman–Crippen LogP) is 5.51. The summed E-state index contributed by atoms with van der Waals surface area (Å²) in [5.74, 6) is 0.262. The minimum Gasteiger partial charge on any atom is -0.490 e. The Morgan fingerprint density at radius 2 is 1.73 bits per heavy atom. The number of aliphatic hydroxyl groups is 1. The molecule has 4 atom stereocenters. The molecule has 0 aliphatic carbocycles. The molecule has 0 aliphatic heterocycles. The van der Waals surface area contributed by atoms with Crippen LogP contribution in [0, 0.1) is 23.7 Å². The lowest BCUT2D eigenvalue weighted by atomic mass is 9.81. The van der Waals surface area contributed by atoms with E-state index in [-0.39, 0.29) is 54.1 Å². The van der Waals surface area contributed by atoms with Gasteiger partial charge in [-0.25, -0.2) is 0 Å². The van der Waals surface area contributed by atoms with E-state index in [2.05, 4.69) is 26.1 Å². The Morgan fingerprint density at radius 1 is 1.02 bits per heavy atom. The molecule has 4 N–H and O–H groups in total. The molecule has 0 bridgehead atoms. The lowest BCUT2D eigenvalue weighted by Gasteiger charge is -2.30. The van der Waals surface area contributed by atoms with Crippen LogP contribution in [-0.4, -0.2) is 62.8 Å². The minimum atomic E-state index is -4.46. The van der Waals surface area contributed by atoms with Gasteiger partial charge < -0.3 is 30.4 Å². The van der Waals surface area contributed by atoms with Crippen molar-refractivity contribution in [3.8, 4) is 11.5 Å². The maximum absolute atomic E-state index is 12.8. The number of nitrogens with one attached hydrogen (secondary N) is 1. The summed E-state index contributed by atoms with van der Waals surface area (Å²) >= 11 is 0. The van der Waals surface area contributed by atoms with Crippen molar-refractivity contribution in [3.05, 3.63) is 23.8 Å². The van der Waals surface area contributed by atoms with E-state index in [0.29, 0.717) is 32.4 Å². The molecule has 232 valence electrons. The van der Waals surface area contributed by atoms with E-state index < -0.39 is 24.9 Å². The van der Waals surface area contributed by atoms with Gasteiger partial charge in [0.2, 0.25) is 5.91 Å². The monoisotopic (exact) mass is 576 g/mol. The van der Waals surface area contributed by atoms with Gasteiger partial charge in [-0.15, -0.1) is 0 Å². The molecular weight excluding hydrogens is 525 g/mol. The number of alkyl halides is 3. The fourth-order valence-electron chi connectivity index (χ4n) is 4.49. The Labute approximate surface area is 238 Å². The summed E-state index contributed by atoms with van der Waals surface area (Å²) in [6.45, 7) is 10.1. The number of halogens is 3. The molecule has 40 heavy (non-hydrogen) atoms. The number of rotatable bonds is 20. The number of hydrogen-bond acceptors (Lipinski definition) is 6. The van der Waals surface area contributed by atoms with Crippen LogP contribution in [0.3, 0.4) is 0 Å². The van der Waals surface area contributed by atoms with Crippen molar-refractivity contribution in [3.63, 3.8) is 0 Å². The molecule has 0 aromatic heterocycles. The van der Waals surface area contributed by atoms with Crippen molar-refractivity contribution in [1.29, 1.82) is 0 Å². The molecular formula is C30H51F3N2O5. The predicted molar refractivity (Wildman–Crippen MR) is 151 cm³/mol. The number of amides is 1. The van der Waals surface area contributed by atoms with Crippen molar-refractivity contribution < 1.29 is 37.3 Å². The van der Waals surface area contributed by atoms with Crippen LogP contribution in [0.1, 0.15) is 72.3 Å². The maximum atomic E-state index is 12.8. The second-order valence-corrected chi connectivity index (χ2v) is 11.3. The van der Waals surface area contributed by atoms with E-state index in [9.17, 15) is 23.1 Å². The fraction of sp³-hybridized carbons (Fsp3) is 0.767. The van der Waals surface area contributed by atoms with Crippen molar-refractivity contribution >= 4 is 5.91 Å². The lowest BCUT2D eigenvalue weighted by molar-refractivity contribution is -0.153. The number of nitrogens with two attached hydrogens (primary N) is 1. The van der Waals surface area contributed by atoms with Crippen molar-refractivity contribution in [2.45, 2.75) is 91.5 Å². The summed E-state index contributed by atoms with van der Waals surface area (Å²) in [5.41, 5.74) is 7.34. The third-order valence-electron chi connectivity index (χ3n) is 7.13. The number of methoxy groups -OCH3 is 1. The van der Waals surface area contributed by atoms with Gasteiger partial charge in [-0.3, -0.25) is 4.79 Å². The number of carbonyl (C=O) groups is 1. The molecule has 0 spiro atoms. The number of aliphatic hydroxyl groups excluding tert-OH is 1. The Bertz CT molecular complexity index is 851. The molecule has 0 radical (unpaired) electrons. The van der Waals surface area contributed by atoms with Gasteiger partial charge in [0, 0.05) is 38.6 Å². The van der Waals surface area contributed by atoms with Crippen LogP contribution < -0.4 is 20.5 Å². The zero-order valence-corrected chi connectivity index (χ0v) is 25.1. The highest BCUT2D eigenvalue weighted by Crippen LogP contribution is 2.33. The van der Waals surface area contributed by atoms with Crippen LogP contribution >= 0.6 is 0 Å². The molecule has 0 saturated heterocycles. The molecule has 0 unspecified atom stereocenters. The third-order valence-corrected chi connectivity index (χ3v) is 7.13. The first kappa shape index (κ1) is 36.0.